The van der Waals surface area contributed by atoms with Gasteiger partial charge in [-0.15, -0.1) is 22.7 Å². The van der Waals surface area contributed by atoms with Gasteiger partial charge >= 0.3 is 0 Å². The van der Waals surface area contributed by atoms with E-state index in [4.69, 9.17) is 23.7 Å². The Morgan fingerprint density at radius 2 is 1.44 bits per heavy atom. The predicted molar refractivity (Wildman–Crippen MR) is 252 cm³/mol. The molecule has 1 fully saturated rings. The fourth-order valence-electron chi connectivity index (χ4n) is 7.38. The van der Waals surface area contributed by atoms with Crippen molar-refractivity contribution in [3.63, 3.8) is 0 Å². The number of benzene rings is 4. The molecule has 15 nitrogen and oxygen atoms in total. The predicted octanol–water partition coefficient (Wildman–Crippen LogP) is 7.05. The molecule has 1 aliphatic rings. The summed E-state index contributed by atoms with van der Waals surface area (Å²) in [7, 11) is 0. The standard InChI is InChI=1S/C49H54N4O11S2/c1-30(2)44(49(59)53-27-37(56)24-41(53)48(58)50-26-32-4-6-33(7-5-32)46-31(3)51-29-65-46)52-43(57)28-62-21-20-60-18-19-61-22-23-63-38-13-15-39(16-14-38)64-45-40-17-12-36(55)25-42(40)66-47(45)34-8-10-35(54)11-9-34/h4-17,25,29-30,37,41,44,54-56H,18-24,26-28H2,1-3H3,(H,50,58)(H,52,57)/t37-,41+,44?/m1/s1. The number of β-amino-alcohol motifs (C(OH)–C–C–N with tert-alkyl or cyclic N) is 1. The fourth-order valence-corrected chi connectivity index (χ4v) is 9.36. The van der Waals surface area contributed by atoms with Gasteiger partial charge in [-0.3, -0.25) is 14.4 Å². The number of aliphatic hydroxyl groups excluding tert-OH is 1. The third-order valence-electron chi connectivity index (χ3n) is 10.8. The number of aromatic nitrogens is 1. The number of thiazole rings is 1. The smallest absolute Gasteiger partial charge is 0.246 e. The van der Waals surface area contributed by atoms with Gasteiger partial charge in [-0.05, 0) is 96.3 Å². The normalized spacial score (nSPS) is 15.3. The fraction of sp³-hybridized carbons (Fsp3) is 0.347. The topological polar surface area (TPSA) is 198 Å². The number of aromatic hydroxyl groups is 2. The number of phenols is 2. The molecule has 0 saturated carbocycles. The zero-order valence-electron chi connectivity index (χ0n) is 36.9. The Kier molecular flexibility index (Phi) is 16.6. The van der Waals surface area contributed by atoms with Gasteiger partial charge in [-0.25, -0.2) is 4.98 Å². The quantitative estimate of drug-likeness (QED) is 0.0436. The summed E-state index contributed by atoms with van der Waals surface area (Å²) in [5.41, 5.74) is 5.59. The average Bonchev–Trinajstić information content (AvgIpc) is 4.03. The number of ether oxygens (including phenoxy) is 5. The summed E-state index contributed by atoms with van der Waals surface area (Å²) in [6.07, 6.45) is -0.766. The van der Waals surface area contributed by atoms with Gasteiger partial charge < -0.3 is 54.5 Å². The van der Waals surface area contributed by atoms with Crippen molar-refractivity contribution in [1.29, 1.82) is 0 Å². The number of aliphatic hydroxyl groups is 1. The number of phenolic OH excluding ortho intramolecular Hbond substituents is 2. The third-order valence-corrected chi connectivity index (χ3v) is 13.0. The Morgan fingerprint density at radius 1 is 0.803 bits per heavy atom. The third kappa shape index (κ3) is 12.6. The second-order valence-corrected chi connectivity index (χ2v) is 18.0. The highest BCUT2D eigenvalue weighted by Gasteiger charge is 2.42. The monoisotopic (exact) mass is 938 g/mol. The molecule has 0 bridgehead atoms. The molecule has 6 aromatic rings. The second kappa shape index (κ2) is 22.9. The molecule has 5 N–H and O–H groups in total. The largest absolute Gasteiger partial charge is 0.508 e. The van der Waals surface area contributed by atoms with Gasteiger partial charge in [-0.1, -0.05) is 38.1 Å². The molecule has 1 saturated heterocycles. The maximum absolute atomic E-state index is 13.7. The number of hydrogen-bond acceptors (Lipinski definition) is 14. The van der Waals surface area contributed by atoms with Crippen LogP contribution in [0.25, 0.3) is 31.0 Å². The summed E-state index contributed by atoms with van der Waals surface area (Å²) in [6.45, 7) is 7.20. The van der Waals surface area contributed by atoms with Crippen molar-refractivity contribution in [2.75, 3.05) is 52.8 Å². The molecule has 17 heteroatoms. The minimum absolute atomic E-state index is 0.0116. The molecule has 0 radical (unpaired) electrons. The van der Waals surface area contributed by atoms with Crippen LogP contribution in [0.2, 0.25) is 0 Å². The van der Waals surface area contributed by atoms with Gasteiger partial charge in [0.05, 0.1) is 60.1 Å². The first-order valence-corrected chi connectivity index (χ1v) is 23.4. The number of rotatable bonds is 22. The van der Waals surface area contributed by atoms with Crippen molar-refractivity contribution in [2.24, 2.45) is 5.92 Å². The van der Waals surface area contributed by atoms with Gasteiger partial charge in [-0.2, -0.15) is 0 Å². The van der Waals surface area contributed by atoms with Crippen LogP contribution in [0.1, 0.15) is 31.5 Å². The number of hydrogen-bond donors (Lipinski definition) is 5. The zero-order valence-corrected chi connectivity index (χ0v) is 38.6. The van der Waals surface area contributed by atoms with Crippen LogP contribution in [0.15, 0.2) is 96.5 Å². The molecule has 3 atom stereocenters. The van der Waals surface area contributed by atoms with Crippen LogP contribution < -0.4 is 20.1 Å². The maximum atomic E-state index is 13.7. The molecule has 3 amide bonds. The van der Waals surface area contributed by atoms with Crippen molar-refractivity contribution < 1.29 is 53.4 Å². The van der Waals surface area contributed by atoms with Crippen molar-refractivity contribution in [1.82, 2.24) is 20.5 Å². The first-order chi connectivity index (χ1) is 31.9. The molecule has 1 aliphatic heterocycles. The van der Waals surface area contributed by atoms with Crippen LogP contribution in [-0.2, 0) is 35.1 Å². The Hall–Kier alpha value is -6.08. The lowest BCUT2D eigenvalue weighted by Crippen LogP contribution is -2.55. The molecule has 7 rings (SSSR count). The number of carbonyl (C=O) groups excluding carboxylic acids is 3. The number of likely N-dealkylation sites (tertiary alicyclic amines) is 1. The highest BCUT2D eigenvalue weighted by Crippen LogP contribution is 2.47. The average molecular weight is 939 g/mol. The summed E-state index contributed by atoms with van der Waals surface area (Å²) in [5, 5.41) is 36.8. The summed E-state index contributed by atoms with van der Waals surface area (Å²) in [6, 6.07) is 25.3. The lowest BCUT2D eigenvalue weighted by molar-refractivity contribution is -0.143. The molecule has 0 spiro atoms. The van der Waals surface area contributed by atoms with Gasteiger partial charge in [0.25, 0.3) is 0 Å². The molecular weight excluding hydrogens is 885 g/mol. The summed E-state index contributed by atoms with van der Waals surface area (Å²) >= 11 is 3.06. The summed E-state index contributed by atoms with van der Waals surface area (Å²) in [4.78, 5) is 47.5. The van der Waals surface area contributed by atoms with Crippen molar-refractivity contribution in [3.05, 3.63) is 108 Å². The van der Waals surface area contributed by atoms with Crippen LogP contribution in [0.3, 0.4) is 0 Å². The SMILES string of the molecule is Cc1ncsc1-c1ccc(CNC(=O)[C@@H]2C[C@@H](O)CN2C(=O)C(NC(=O)COCCOCCOCCOc2ccc(Oc3c(-c4ccc(O)cc4)sc4cc(O)ccc34)cc2)C(C)C)cc1. The van der Waals surface area contributed by atoms with E-state index in [2.05, 4.69) is 15.6 Å². The van der Waals surface area contributed by atoms with Gasteiger partial charge in [0.1, 0.15) is 48.3 Å². The number of fused-ring (bicyclic) bond motifs is 1. The van der Waals surface area contributed by atoms with Crippen molar-refractivity contribution >= 4 is 50.5 Å². The van der Waals surface area contributed by atoms with E-state index in [-0.39, 0.29) is 62.7 Å². The lowest BCUT2D eigenvalue weighted by atomic mass is 10.0. The maximum Gasteiger partial charge on any atom is 0.246 e. The highest BCUT2D eigenvalue weighted by atomic mass is 32.1. The number of nitrogens with zero attached hydrogens (tertiary/aromatic N) is 2. The van der Waals surface area contributed by atoms with Crippen LogP contribution in [0, 0.1) is 12.8 Å². The van der Waals surface area contributed by atoms with E-state index in [1.54, 1.807) is 49.4 Å². The minimum Gasteiger partial charge on any atom is -0.508 e. The van der Waals surface area contributed by atoms with E-state index in [0.29, 0.717) is 43.7 Å². The summed E-state index contributed by atoms with van der Waals surface area (Å²) in [5.74, 6) is 0.657. The van der Waals surface area contributed by atoms with Gasteiger partial charge in [0.2, 0.25) is 17.7 Å². The number of aryl methyl sites for hydroxylation is 1. The van der Waals surface area contributed by atoms with Gasteiger partial charge in [0, 0.05) is 29.6 Å². The number of thiophene rings is 1. The van der Waals surface area contributed by atoms with Crippen LogP contribution in [-0.4, -0.2) is 114 Å². The van der Waals surface area contributed by atoms with Gasteiger partial charge in [0.15, 0.2) is 5.75 Å². The van der Waals surface area contributed by atoms with E-state index < -0.39 is 30.0 Å². The molecule has 1 unspecified atom stereocenters. The van der Waals surface area contributed by atoms with E-state index in [1.165, 1.54) is 16.2 Å². The van der Waals surface area contributed by atoms with Crippen LogP contribution in [0.4, 0.5) is 0 Å². The zero-order chi connectivity index (χ0) is 46.6. The van der Waals surface area contributed by atoms with E-state index in [0.717, 1.165) is 42.2 Å². The number of nitrogens with one attached hydrogen (secondary N) is 2. The first-order valence-electron chi connectivity index (χ1n) is 21.7. The van der Waals surface area contributed by atoms with E-state index in [9.17, 15) is 29.7 Å². The summed E-state index contributed by atoms with van der Waals surface area (Å²) < 4.78 is 29.8. The molecule has 348 valence electrons. The highest BCUT2D eigenvalue weighted by molar-refractivity contribution is 7.22. The Morgan fingerprint density at radius 3 is 2.12 bits per heavy atom. The minimum atomic E-state index is -0.919. The number of carbonyl (C=O) groups is 3. The van der Waals surface area contributed by atoms with Crippen LogP contribution in [0.5, 0.6) is 28.7 Å². The Balaban J connectivity index is 0.760. The first kappa shape index (κ1) is 47.9. The van der Waals surface area contributed by atoms with Crippen molar-refractivity contribution in [3.8, 4) is 49.6 Å². The second-order valence-electron chi connectivity index (χ2n) is 16.1. The van der Waals surface area contributed by atoms with Crippen LogP contribution >= 0.6 is 22.7 Å². The molecular formula is C49H54N4O11S2. The Bertz CT molecular complexity index is 2550. The lowest BCUT2D eigenvalue weighted by Gasteiger charge is -2.30. The molecule has 0 aliphatic carbocycles. The van der Waals surface area contributed by atoms with Crippen molar-refractivity contribution in [2.45, 2.75) is 51.9 Å². The molecule has 4 aromatic carbocycles. The Labute approximate surface area is 390 Å². The van der Waals surface area contributed by atoms with E-state index >= 15 is 0 Å². The molecule has 3 heterocycles. The molecule has 2 aromatic heterocycles. The number of amides is 3. The van der Waals surface area contributed by atoms with E-state index in [1.807, 2.05) is 79.2 Å². The molecule has 66 heavy (non-hydrogen) atoms.